The van der Waals surface area contributed by atoms with Gasteiger partial charge in [0, 0.05) is 0 Å². The third-order valence-corrected chi connectivity index (χ3v) is 10.9. The van der Waals surface area contributed by atoms with Crippen molar-refractivity contribution in [3.05, 3.63) is 43.3 Å². The molecule has 0 nitrogen and oxygen atoms in total. The first-order valence-corrected chi connectivity index (χ1v) is 9.61. The first-order chi connectivity index (χ1) is 8.59. The van der Waals surface area contributed by atoms with Crippen molar-refractivity contribution in [3.63, 3.8) is 0 Å². The summed E-state index contributed by atoms with van der Waals surface area (Å²) in [5, 5.41) is 0. The maximum atomic E-state index is 2.52. The van der Waals surface area contributed by atoms with Gasteiger partial charge in [-0.3, -0.25) is 0 Å². The maximum absolute atomic E-state index is 2.52. The molecule has 116 valence electrons. The van der Waals surface area contributed by atoms with Gasteiger partial charge in [-0.1, -0.05) is 0 Å². The molecule has 2 rings (SSSR count). The average Bonchev–Trinajstić information content (AvgIpc) is 2.62. The SMILES string of the molecule is CC1=C[C](C)([Zr+2][C]2=C(C)C(C)=C(C)C2(C)C)C(C)=C1.[Cl-].[Cl-]. The number of halogens is 2. The van der Waals surface area contributed by atoms with E-state index in [9.17, 15) is 0 Å². The molecule has 0 aromatic carbocycles. The van der Waals surface area contributed by atoms with E-state index in [0.29, 0.717) is 8.54 Å². The molecule has 1 unspecified atom stereocenters. The van der Waals surface area contributed by atoms with Crippen LogP contribution in [0.5, 0.6) is 0 Å². The van der Waals surface area contributed by atoms with Crippen LogP contribution in [0.15, 0.2) is 43.3 Å². The third kappa shape index (κ3) is 3.51. The van der Waals surface area contributed by atoms with Crippen molar-refractivity contribution >= 4 is 0 Å². The van der Waals surface area contributed by atoms with Crippen molar-refractivity contribution in [2.75, 3.05) is 0 Å². The summed E-state index contributed by atoms with van der Waals surface area (Å²) >= 11 is -0.666. The Balaban J connectivity index is 0.00000200. The van der Waals surface area contributed by atoms with Crippen LogP contribution in [0.4, 0.5) is 0 Å². The molecular formula is C18H26Cl2Zr. The van der Waals surface area contributed by atoms with E-state index in [1.165, 1.54) is 5.57 Å². The van der Waals surface area contributed by atoms with Crippen molar-refractivity contribution < 1.29 is 48.0 Å². The Morgan fingerprint density at radius 1 is 0.857 bits per heavy atom. The van der Waals surface area contributed by atoms with E-state index in [0.717, 1.165) is 0 Å². The van der Waals surface area contributed by atoms with Crippen LogP contribution >= 0.6 is 0 Å². The maximum Gasteiger partial charge on any atom is -1.00 e. The van der Waals surface area contributed by atoms with Crippen molar-refractivity contribution in [2.24, 2.45) is 5.41 Å². The largest absolute Gasteiger partial charge is 1.00 e. The van der Waals surface area contributed by atoms with E-state index in [1.807, 2.05) is 0 Å². The standard InChI is InChI=1S/C10H15.C8H11.2ClH.Zr/c1-7-6-10(4,5)9(3)8(7)2;1-6-4-7(2)8(3)5-6;;;/h1-5H3;4-5H,1-3H3;2*1H;/q;;;;+2/p-2. The Hall–Kier alpha value is 0.423. The molecule has 0 aromatic heterocycles. The third-order valence-electron chi connectivity index (χ3n) is 5.23. The normalized spacial score (nSPS) is 26.9. The van der Waals surface area contributed by atoms with Gasteiger partial charge in [0.05, 0.1) is 0 Å². The molecule has 0 N–H and O–H groups in total. The molecule has 0 radical (unpaired) electrons. The van der Waals surface area contributed by atoms with Crippen LogP contribution < -0.4 is 24.8 Å². The molecule has 2 aliphatic carbocycles. The van der Waals surface area contributed by atoms with Gasteiger partial charge in [0.15, 0.2) is 0 Å². The summed E-state index contributed by atoms with van der Waals surface area (Å²) in [6.07, 6.45) is 4.90. The van der Waals surface area contributed by atoms with Crippen LogP contribution in [-0.2, 0) is 23.2 Å². The predicted octanol–water partition coefficient (Wildman–Crippen LogP) is -0.188. The topological polar surface area (TPSA) is 0 Å². The summed E-state index contributed by atoms with van der Waals surface area (Å²) in [5.41, 5.74) is 8.07. The number of rotatable bonds is 2. The Kier molecular flexibility index (Phi) is 7.04. The summed E-state index contributed by atoms with van der Waals surface area (Å²) in [5.74, 6) is 0. The van der Waals surface area contributed by atoms with Crippen LogP contribution in [-0.4, -0.2) is 0 Å². The Bertz CT molecular complexity index is 562. The van der Waals surface area contributed by atoms with E-state index in [1.54, 1.807) is 25.6 Å². The zero-order chi connectivity index (χ0) is 14.6. The molecule has 0 spiro atoms. The first-order valence-electron chi connectivity index (χ1n) is 7.15. The number of allylic oxidation sites excluding steroid dienone is 8. The number of hydrogen-bond acceptors (Lipinski definition) is 0. The molecule has 0 heterocycles. The monoisotopic (exact) mass is 402 g/mol. The average molecular weight is 405 g/mol. The zero-order valence-corrected chi connectivity index (χ0v) is 18.4. The smallest absolute Gasteiger partial charge is 1.00 e. The fraction of sp³-hybridized carbons (Fsp3) is 0.556. The van der Waals surface area contributed by atoms with Gasteiger partial charge >= 0.3 is 130 Å². The summed E-state index contributed by atoms with van der Waals surface area (Å²) in [6, 6.07) is 0. The predicted molar refractivity (Wildman–Crippen MR) is 80.7 cm³/mol. The summed E-state index contributed by atoms with van der Waals surface area (Å²) in [4.78, 5) is 0. The molecule has 21 heavy (non-hydrogen) atoms. The van der Waals surface area contributed by atoms with Crippen molar-refractivity contribution in [1.29, 1.82) is 0 Å². The van der Waals surface area contributed by atoms with E-state index in [-0.39, 0.29) is 24.8 Å². The molecule has 3 heteroatoms. The summed E-state index contributed by atoms with van der Waals surface area (Å²) in [7, 11) is 0. The van der Waals surface area contributed by atoms with Gasteiger partial charge in [-0.25, -0.2) is 0 Å². The fourth-order valence-electron chi connectivity index (χ4n) is 3.34. The molecule has 2 aliphatic rings. The molecule has 0 aromatic rings. The van der Waals surface area contributed by atoms with E-state index < -0.39 is 23.2 Å². The molecule has 0 amide bonds. The van der Waals surface area contributed by atoms with Gasteiger partial charge in [-0.15, -0.1) is 0 Å². The van der Waals surface area contributed by atoms with Crippen LogP contribution in [0, 0.1) is 5.41 Å². The van der Waals surface area contributed by atoms with Gasteiger partial charge in [-0.2, -0.15) is 0 Å². The van der Waals surface area contributed by atoms with Crippen molar-refractivity contribution in [3.8, 4) is 0 Å². The Morgan fingerprint density at radius 3 is 1.71 bits per heavy atom. The van der Waals surface area contributed by atoms with Crippen LogP contribution in [0.25, 0.3) is 0 Å². The zero-order valence-electron chi connectivity index (χ0n) is 14.4. The Morgan fingerprint density at radius 2 is 1.38 bits per heavy atom. The second kappa shape index (κ2) is 6.90. The van der Waals surface area contributed by atoms with Crippen molar-refractivity contribution in [2.45, 2.75) is 58.5 Å². The minimum Gasteiger partial charge on any atom is -1.00 e. The molecule has 1 atom stereocenters. The van der Waals surface area contributed by atoms with Gasteiger partial charge in [0.1, 0.15) is 0 Å². The van der Waals surface area contributed by atoms with Gasteiger partial charge in [-0.05, 0) is 0 Å². The van der Waals surface area contributed by atoms with E-state index in [2.05, 4.69) is 67.5 Å². The molecule has 0 fully saturated rings. The van der Waals surface area contributed by atoms with Crippen molar-refractivity contribution in [1.82, 2.24) is 0 Å². The van der Waals surface area contributed by atoms with Gasteiger partial charge in [0.25, 0.3) is 0 Å². The molecule has 0 saturated carbocycles. The number of hydrogen-bond donors (Lipinski definition) is 0. The quantitative estimate of drug-likeness (QED) is 0.599. The second-order valence-corrected chi connectivity index (χ2v) is 11.3. The van der Waals surface area contributed by atoms with E-state index >= 15 is 0 Å². The molecular weight excluding hydrogens is 378 g/mol. The van der Waals surface area contributed by atoms with Crippen LogP contribution in [0.2, 0.25) is 3.12 Å². The minimum absolute atomic E-state index is 0. The van der Waals surface area contributed by atoms with Gasteiger partial charge in [0.2, 0.25) is 0 Å². The van der Waals surface area contributed by atoms with Gasteiger partial charge < -0.3 is 24.8 Å². The Labute approximate surface area is 154 Å². The van der Waals surface area contributed by atoms with Crippen LogP contribution in [0.1, 0.15) is 55.4 Å². The summed E-state index contributed by atoms with van der Waals surface area (Å²) in [6.45, 7) is 18.8. The van der Waals surface area contributed by atoms with E-state index in [4.69, 9.17) is 0 Å². The molecule has 0 saturated heterocycles. The first kappa shape index (κ1) is 21.4. The second-order valence-electron chi connectivity index (χ2n) is 6.92. The van der Waals surface area contributed by atoms with Crippen LogP contribution in [0.3, 0.4) is 0 Å². The molecule has 0 aliphatic heterocycles. The minimum atomic E-state index is -0.666. The fourth-order valence-corrected chi connectivity index (χ4v) is 8.17. The molecule has 0 bridgehead atoms. The summed E-state index contributed by atoms with van der Waals surface area (Å²) < 4.78 is 2.18.